The molecule has 0 heterocycles. The van der Waals surface area contributed by atoms with Crippen molar-refractivity contribution in [2.45, 2.75) is 367 Å². The topological polar surface area (TPSA) is 237 Å². The number of carbonyl (C=O) groups is 4. The van der Waals surface area contributed by atoms with Crippen LogP contribution in [0.4, 0.5) is 0 Å². The fourth-order valence-corrected chi connectivity index (χ4v) is 12.4. The zero-order valence-electron chi connectivity index (χ0n) is 64.5. The van der Waals surface area contributed by atoms with Gasteiger partial charge < -0.3 is 33.8 Å². The van der Waals surface area contributed by atoms with Crippen molar-refractivity contribution in [3.63, 3.8) is 0 Å². The third-order valence-electron chi connectivity index (χ3n) is 17.0. The van der Waals surface area contributed by atoms with Gasteiger partial charge in [-0.2, -0.15) is 0 Å². The van der Waals surface area contributed by atoms with E-state index in [9.17, 15) is 43.2 Å². The van der Waals surface area contributed by atoms with Crippen LogP contribution in [0.25, 0.3) is 0 Å². The van der Waals surface area contributed by atoms with Gasteiger partial charge in [0, 0.05) is 25.7 Å². The van der Waals surface area contributed by atoms with E-state index in [1.807, 2.05) is 12.2 Å². The molecule has 0 aromatic heterocycles. The number of hydrogen-bond donors (Lipinski definition) is 3. The van der Waals surface area contributed by atoms with Crippen LogP contribution in [0.3, 0.4) is 0 Å². The molecule has 0 amide bonds. The van der Waals surface area contributed by atoms with Crippen LogP contribution in [0.1, 0.15) is 349 Å². The molecule has 0 aromatic rings. The molecule has 102 heavy (non-hydrogen) atoms. The van der Waals surface area contributed by atoms with Gasteiger partial charge in [-0.1, -0.05) is 292 Å². The van der Waals surface area contributed by atoms with Gasteiger partial charge in [0.25, 0.3) is 0 Å². The molecule has 0 aromatic carbocycles. The standard InChI is InChI=1S/C83H146O17P2/c1-5-9-13-17-21-25-29-33-37-38-42-46-50-54-58-62-66-70-83(88)100-79(74-94-81(86)68-64-60-56-52-48-44-40-35-31-27-23-19-15-11-7-3)76-98-102(91,92)96-72-77(84)71-95-101(89,90)97-75-78(99-82(87)69-65-61-57-53-49-45-41-36-32-28-24-20-16-12-8-4)73-93-80(85)67-63-59-55-51-47-43-39-34-30-26-22-18-14-10-6-2/h21,23-25,27-28,33,35-37,40-42,46,54,58,77-79,84H,5-20,22,26,29-32,34,38-39,43-45,47-53,55-57,59-76H2,1-4H3,(H,89,90)(H,91,92)/b25-21-,27-23-,28-24-,37-33-,40-35-,41-36-,46-42-,58-54-/t77-,78-,79-/m1/s1. The average Bonchev–Trinajstić information content (AvgIpc) is 0.917. The quantitative estimate of drug-likeness (QED) is 0.0169. The number of phosphoric ester groups is 2. The second-order valence-electron chi connectivity index (χ2n) is 27.0. The van der Waals surface area contributed by atoms with Crippen molar-refractivity contribution in [1.82, 2.24) is 0 Å². The lowest BCUT2D eigenvalue weighted by Gasteiger charge is -2.21. The fourth-order valence-electron chi connectivity index (χ4n) is 10.8. The van der Waals surface area contributed by atoms with E-state index < -0.39 is 97.5 Å². The highest BCUT2D eigenvalue weighted by Crippen LogP contribution is 2.45. The Morgan fingerprint density at radius 3 is 0.794 bits per heavy atom. The molecule has 0 spiro atoms. The summed E-state index contributed by atoms with van der Waals surface area (Å²) in [5.74, 6) is -2.25. The normalized spacial score (nSPS) is 14.4. The van der Waals surface area contributed by atoms with Crippen molar-refractivity contribution in [3.8, 4) is 0 Å². The van der Waals surface area contributed by atoms with Crippen LogP contribution in [0.5, 0.6) is 0 Å². The molecule has 0 radical (unpaired) electrons. The molecule has 0 rings (SSSR count). The van der Waals surface area contributed by atoms with Gasteiger partial charge in [-0.25, -0.2) is 9.13 Å². The fraction of sp³-hybridized carbons (Fsp3) is 0.759. The van der Waals surface area contributed by atoms with Gasteiger partial charge in [-0.3, -0.25) is 37.3 Å². The van der Waals surface area contributed by atoms with Gasteiger partial charge in [0.1, 0.15) is 19.3 Å². The van der Waals surface area contributed by atoms with Crippen molar-refractivity contribution in [2.24, 2.45) is 0 Å². The number of allylic oxidation sites excluding steroid dienone is 16. The van der Waals surface area contributed by atoms with Crippen LogP contribution in [0, 0.1) is 0 Å². The number of aliphatic hydroxyl groups excluding tert-OH is 1. The smallest absolute Gasteiger partial charge is 0.462 e. The minimum absolute atomic E-state index is 0.0161. The Labute approximate surface area is 620 Å². The molecule has 590 valence electrons. The van der Waals surface area contributed by atoms with Crippen molar-refractivity contribution >= 4 is 39.5 Å². The second-order valence-corrected chi connectivity index (χ2v) is 29.9. The maximum atomic E-state index is 13.1. The lowest BCUT2D eigenvalue weighted by atomic mass is 10.0. The zero-order chi connectivity index (χ0) is 74.6. The van der Waals surface area contributed by atoms with Gasteiger partial charge in [0.2, 0.25) is 0 Å². The highest BCUT2D eigenvalue weighted by molar-refractivity contribution is 7.47. The third-order valence-corrected chi connectivity index (χ3v) is 18.9. The summed E-state index contributed by atoms with van der Waals surface area (Å²) >= 11 is 0. The molecule has 3 N–H and O–H groups in total. The first-order chi connectivity index (χ1) is 49.7. The van der Waals surface area contributed by atoms with E-state index in [4.69, 9.17) is 37.0 Å². The monoisotopic (exact) mass is 1480 g/mol. The molecular weight excluding hydrogens is 1330 g/mol. The van der Waals surface area contributed by atoms with Crippen LogP contribution in [-0.4, -0.2) is 96.7 Å². The number of unbranched alkanes of at least 4 members (excludes halogenated alkanes) is 34. The average molecular weight is 1480 g/mol. The van der Waals surface area contributed by atoms with E-state index in [-0.39, 0.29) is 25.7 Å². The highest BCUT2D eigenvalue weighted by Gasteiger charge is 2.30. The number of aliphatic hydroxyl groups is 1. The Kier molecular flexibility index (Phi) is 72.3. The third kappa shape index (κ3) is 74.3. The van der Waals surface area contributed by atoms with E-state index in [0.717, 1.165) is 135 Å². The van der Waals surface area contributed by atoms with Gasteiger partial charge >= 0.3 is 39.5 Å². The molecular formula is C83H146O17P2. The van der Waals surface area contributed by atoms with Gasteiger partial charge in [-0.05, 0) is 128 Å². The molecule has 19 heteroatoms. The second kappa shape index (κ2) is 75.2. The Bertz CT molecular complexity index is 2310. The van der Waals surface area contributed by atoms with Crippen LogP contribution in [0.2, 0.25) is 0 Å². The molecule has 0 fully saturated rings. The van der Waals surface area contributed by atoms with Crippen molar-refractivity contribution in [2.75, 3.05) is 39.6 Å². The Hall–Kier alpha value is -4.02. The van der Waals surface area contributed by atoms with Gasteiger partial charge in [0.15, 0.2) is 12.2 Å². The Morgan fingerprint density at radius 1 is 0.275 bits per heavy atom. The van der Waals surface area contributed by atoms with E-state index in [0.29, 0.717) is 32.1 Å². The van der Waals surface area contributed by atoms with Crippen LogP contribution >= 0.6 is 15.6 Å². The molecule has 0 aliphatic heterocycles. The molecule has 0 saturated heterocycles. The number of carbonyl (C=O) groups excluding carboxylic acids is 4. The van der Waals surface area contributed by atoms with Crippen molar-refractivity contribution < 1.29 is 80.2 Å². The molecule has 5 atom stereocenters. The summed E-state index contributed by atoms with van der Waals surface area (Å²) < 4.78 is 68.6. The van der Waals surface area contributed by atoms with Gasteiger partial charge in [-0.15, -0.1) is 0 Å². The van der Waals surface area contributed by atoms with Crippen molar-refractivity contribution in [3.05, 3.63) is 97.2 Å². The lowest BCUT2D eigenvalue weighted by Crippen LogP contribution is -2.30. The largest absolute Gasteiger partial charge is 0.472 e. The maximum Gasteiger partial charge on any atom is 0.472 e. The highest BCUT2D eigenvalue weighted by atomic mass is 31.2. The predicted molar refractivity (Wildman–Crippen MR) is 418 cm³/mol. The van der Waals surface area contributed by atoms with Crippen molar-refractivity contribution in [1.29, 1.82) is 0 Å². The summed E-state index contributed by atoms with van der Waals surface area (Å²) in [4.78, 5) is 73.0. The number of hydrogen-bond acceptors (Lipinski definition) is 15. The minimum atomic E-state index is -4.99. The van der Waals surface area contributed by atoms with E-state index >= 15 is 0 Å². The van der Waals surface area contributed by atoms with E-state index in [1.54, 1.807) is 0 Å². The molecule has 2 unspecified atom stereocenters. The molecule has 17 nitrogen and oxygen atoms in total. The first-order valence-electron chi connectivity index (χ1n) is 40.5. The number of rotatable bonds is 76. The maximum absolute atomic E-state index is 13.1. The van der Waals surface area contributed by atoms with Crippen LogP contribution < -0.4 is 0 Å². The van der Waals surface area contributed by atoms with E-state index in [1.165, 1.54) is 128 Å². The summed E-state index contributed by atoms with van der Waals surface area (Å²) in [5, 5.41) is 10.6. The molecule has 0 saturated carbocycles. The Balaban J connectivity index is 5.42. The van der Waals surface area contributed by atoms with Gasteiger partial charge in [0.05, 0.1) is 26.4 Å². The zero-order valence-corrected chi connectivity index (χ0v) is 66.3. The predicted octanol–water partition coefficient (Wildman–Crippen LogP) is 23.6. The molecule has 0 aliphatic rings. The summed E-state index contributed by atoms with van der Waals surface area (Å²) in [5.41, 5.74) is 0. The molecule has 0 aliphatic carbocycles. The first-order valence-corrected chi connectivity index (χ1v) is 43.5. The van der Waals surface area contributed by atoms with E-state index in [2.05, 4.69) is 113 Å². The minimum Gasteiger partial charge on any atom is -0.462 e. The summed E-state index contributed by atoms with van der Waals surface area (Å²) in [6, 6.07) is 0. The summed E-state index contributed by atoms with van der Waals surface area (Å²) in [6.07, 6.45) is 79.6. The van der Waals surface area contributed by atoms with Crippen LogP contribution in [-0.2, 0) is 65.4 Å². The summed E-state index contributed by atoms with van der Waals surface area (Å²) in [6.45, 7) is 4.75. The number of esters is 4. The number of phosphoric acid groups is 2. The first kappa shape index (κ1) is 98.0. The molecule has 0 bridgehead atoms. The SMILES string of the molecule is CCCCC/C=C\C/C=C\C/C=C\C/C=C\CCCC(=O)O[C@H](COC(=O)CCCCCCC/C=C\C/C=C\CCCCC)COP(=O)(O)OC[C@H](O)COP(=O)(O)OC[C@@H](COC(=O)CCCCCCCCCCCCCCCCC)OC(=O)CCCCCCC/C=C\C/C=C\CCCCC. The Morgan fingerprint density at radius 2 is 0.490 bits per heavy atom. The number of ether oxygens (including phenoxy) is 4. The lowest BCUT2D eigenvalue weighted by molar-refractivity contribution is -0.161. The summed E-state index contributed by atoms with van der Waals surface area (Å²) in [7, 11) is -9.98. The van der Waals surface area contributed by atoms with Crippen LogP contribution in [0.15, 0.2) is 97.2 Å².